The lowest BCUT2D eigenvalue weighted by molar-refractivity contribution is 0.314. The predicted molar refractivity (Wildman–Crippen MR) is 53.4 cm³/mol. The second kappa shape index (κ2) is 4.13. The highest BCUT2D eigenvalue weighted by Gasteiger charge is 2.17. The van der Waals surface area contributed by atoms with Crippen LogP contribution in [0, 0.1) is 6.92 Å². The lowest BCUT2D eigenvalue weighted by Gasteiger charge is -2.09. The minimum absolute atomic E-state index is 0.0371. The molecule has 1 unspecified atom stereocenters. The zero-order chi connectivity index (χ0) is 10.8. The van der Waals surface area contributed by atoms with Crippen molar-refractivity contribution in [1.82, 2.24) is 0 Å². The first kappa shape index (κ1) is 11.2. The van der Waals surface area contributed by atoms with Gasteiger partial charge >= 0.3 is 7.60 Å². The molecule has 0 aliphatic carbocycles. The minimum atomic E-state index is -3.51. The number of hydrogen-bond acceptors (Lipinski definition) is 3. The summed E-state index contributed by atoms with van der Waals surface area (Å²) < 4.78 is 15.7. The van der Waals surface area contributed by atoms with Gasteiger partial charge in [0.25, 0.3) is 0 Å². The van der Waals surface area contributed by atoms with Crippen molar-refractivity contribution in [1.29, 1.82) is 0 Å². The molecule has 0 aliphatic heterocycles. The van der Waals surface area contributed by atoms with E-state index in [1.807, 2.05) is 0 Å². The lowest BCUT2D eigenvalue weighted by atomic mass is 10.1. The van der Waals surface area contributed by atoms with Crippen LogP contribution in [-0.4, -0.2) is 17.1 Å². The molecule has 1 atom stereocenters. The van der Waals surface area contributed by atoms with Gasteiger partial charge in [-0.25, -0.2) is 0 Å². The molecule has 4 nitrogen and oxygen atoms in total. The second-order valence-electron chi connectivity index (χ2n) is 3.10. The summed E-state index contributed by atoms with van der Waals surface area (Å²) in [6, 6.07) is 4.77. The zero-order valence-electron chi connectivity index (χ0n) is 8.10. The SMILES string of the molecule is COP(=O)(O)Cc1ccc(O)c(C)c1. The summed E-state index contributed by atoms with van der Waals surface area (Å²) >= 11 is 0. The van der Waals surface area contributed by atoms with Gasteiger partial charge in [-0.1, -0.05) is 12.1 Å². The van der Waals surface area contributed by atoms with Crippen LogP contribution in [0.25, 0.3) is 0 Å². The summed E-state index contributed by atoms with van der Waals surface area (Å²) in [5.41, 5.74) is 1.35. The van der Waals surface area contributed by atoms with Crippen LogP contribution in [0.2, 0.25) is 0 Å². The molecule has 78 valence electrons. The van der Waals surface area contributed by atoms with E-state index in [9.17, 15) is 14.6 Å². The molecular formula is C9H13O4P. The molecule has 1 aromatic carbocycles. The average molecular weight is 216 g/mol. The van der Waals surface area contributed by atoms with Gasteiger partial charge in [0.1, 0.15) is 5.75 Å². The Hall–Kier alpha value is -0.830. The van der Waals surface area contributed by atoms with Crippen molar-refractivity contribution in [3.05, 3.63) is 29.3 Å². The van der Waals surface area contributed by atoms with Crippen molar-refractivity contribution in [3.8, 4) is 5.75 Å². The van der Waals surface area contributed by atoms with E-state index < -0.39 is 7.60 Å². The summed E-state index contributed by atoms with van der Waals surface area (Å²) in [6.07, 6.45) is -0.0371. The first-order valence-electron chi connectivity index (χ1n) is 4.10. The van der Waals surface area contributed by atoms with Gasteiger partial charge in [0.05, 0.1) is 6.16 Å². The van der Waals surface area contributed by atoms with E-state index in [1.165, 1.54) is 13.2 Å². The molecular weight excluding hydrogens is 203 g/mol. The molecule has 1 aromatic rings. The van der Waals surface area contributed by atoms with Crippen LogP contribution < -0.4 is 0 Å². The molecule has 0 heterocycles. The van der Waals surface area contributed by atoms with Gasteiger partial charge < -0.3 is 14.5 Å². The summed E-state index contributed by atoms with van der Waals surface area (Å²) in [6.45, 7) is 1.73. The third-order valence-corrected chi connectivity index (χ3v) is 3.26. The van der Waals surface area contributed by atoms with Gasteiger partial charge in [0, 0.05) is 7.11 Å². The van der Waals surface area contributed by atoms with Crippen LogP contribution in [0.1, 0.15) is 11.1 Å². The Kier molecular flexibility index (Phi) is 3.32. The summed E-state index contributed by atoms with van der Waals surface area (Å²) in [5, 5.41) is 9.24. The van der Waals surface area contributed by atoms with Crippen molar-refractivity contribution in [2.24, 2.45) is 0 Å². The highest BCUT2D eigenvalue weighted by atomic mass is 31.2. The van der Waals surface area contributed by atoms with E-state index in [0.717, 1.165) is 0 Å². The van der Waals surface area contributed by atoms with Crippen LogP contribution in [0.5, 0.6) is 5.75 Å². The molecule has 0 spiro atoms. The molecule has 0 saturated heterocycles. The van der Waals surface area contributed by atoms with Gasteiger partial charge in [-0.3, -0.25) is 4.57 Å². The van der Waals surface area contributed by atoms with Crippen molar-refractivity contribution in [2.45, 2.75) is 13.1 Å². The molecule has 0 amide bonds. The highest BCUT2D eigenvalue weighted by Crippen LogP contribution is 2.44. The largest absolute Gasteiger partial charge is 0.508 e. The van der Waals surface area contributed by atoms with E-state index in [2.05, 4.69) is 4.52 Å². The van der Waals surface area contributed by atoms with Crippen molar-refractivity contribution in [2.75, 3.05) is 7.11 Å². The van der Waals surface area contributed by atoms with Crippen LogP contribution in [-0.2, 0) is 15.3 Å². The number of aryl methyl sites for hydroxylation is 1. The Morgan fingerprint density at radius 1 is 1.50 bits per heavy atom. The Balaban J connectivity index is 2.89. The van der Waals surface area contributed by atoms with E-state index >= 15 is 0 Å². The Bertz CT molecular complexity index is 375. The number of rotatable bonds is 3. The van der Waals surface area contributed by atoms with E-state index in [0.29, 0.717) is 11.1 Å². The molecule has 14 heavy (non-hydrogen) atoms. The fourth-order valence-electron chi connectivity index (χ4n) is 1.11. The quantitative estimate of drug-likeness (QED) is 0.758. The zero-order valence-corrected chi connectivity index (χ0v) is 8.99. The number of phenols is 1. The monoisotopic (exact) mass is 216 g/mol. The molecule has 0 aliphatic rings. The highest BCUT2D eigenvalue weighted by molar-refractivity contribution is 7.51. The topological polar surface area (TPSA) is 66.8 Å². The molecule has 0 radical (unpaired) electrons. The summed E-state index contributed by atoms with van der Waals surface area (Å²) in [4.78, 5) is 9.21. The number of aromatic hydroxyl groups is 1. The van der Waals surface area contributed by atoms with Gasteiger partial charge in [-0.2, -0.15) is 0 Å². The summed E-state index contributed by atoms with van der Waals surface area (Å²) in [7, 11) is -2.31. The molecule has 2 N–H and O–H groups in total. The third-order valence-electron chi connectivity index (χ3n) is 1.93. The van der Waals surface area contributed by atoms with Gasteiger partial charge in [-0.05, 0) is 24.1 Å². The lowest BCUT2D eigenvalue weighted by Crippen LogP contribution is -1.90. The molecule has 5 heteroatoms. The maximum atomic E-state index is 11.2. The van der Waals surface area contributed by atoms with Crippen LogP contribution in [0.4, 0.5) is 0 Å². The fourth-order valence-corrected chi connectivity index (χ4v) is 1.90. The fraction of sp³-hybridized carbons (Fsp3) is 0.333. The molecule has 1 rings (SSSR count). The van der Waals surface area contributed by atoms with Crippen LogP contribution >= 0.6 is 7.60 Å². The van der Waals surface area contributed by atoms with Crippen molar-refractivity contribution >= 4 is 7.60 Å². The van der Waals surface area contributed by atoms with Gasteiger partial charge in [0.2, 0.25) is 0 Å². The normalized spacial score (nSPS) is 15.1. The van der Waals surface area contributed by atoms with Crippen LogP contribution in [0.15, 0.2) is 18.2 Å². The van der Waals surface area contributed by atoms with E-state index in [-0.39, 0.29) is 11.9 Å². The van der Waals surface area contributed by atoms with E-state index in [1.54, 1.807) is 19.1 Å². The molecule has 0 saturated carbocycles. The van der Waals surface area contributed by atoms with Crippen molar-refractivity contribution < 1.29 is 19.1 Å². The van der Waals surface area contributed by atoms with E-state index in [4.69, 9.17) is 0 Å². The Morgan fingerprint density at radius 3 is 2.64 bits per heavy atom. The predicted octanol–water partition coefficient (Wildman–Crippen LogP) is 2.03. The maximum absolute atomic E-state index is 11.2. The minimum Gasteiger partial charge on any atom is -0.508 e. The number of benzene rings is 1. The van der Waals surface area contributed by atoms with Gasteiger partial charge in [-0.15, -0.1) is 0 Å². The Morgan fingerprint density at radius 2 is 2.14 bits per heavy atom. The standard InChI is InChI=1S/C9H13O4P/c1-7-5-8(3-4-9(7)10)6-14(11,12)13-2/h3-5,10H,6H2,1-2H3,(H,11,12). The number of hydrogen-bond donors (Lipinski definition) is 2. The molecule has 0 fully saturated rings. The summed E-state index contributed by atoms with van der Waals surface area (Å²) in [5.74, 6) is 0.180. The van der Waals surface area contributed by atoms with Gasteiger partial charge in [0.15, 0.2) is 0 Å². The average Bonchev–Trinajstić information content (AvgIpc) is 2.11. The maximum Gasteiger partial charge on any atom is 0.332 e. The first-order valence-corrected chi connectivity index (χ1v) is 5.87. The Labute approximate surface area is 82.7 Å². The van der Waals surface area contributed by atoms with Crippen molar-refractivity contribution in [3.63, 3.8) is 0 Å². The second-order valence-corrected chi connectivity index (χ2v) is 5.06. The smallest absolute Gasteiger partial charge is 0.332 e. The first-order chi connectivity index (χ1) is 6.44. The number of phenolic OH excluding ortho intramolecular Hbond substituents is 1. The molecule has 0 aromatic heterocycles. The third kappa shape index (κ3) is 2.84. The van der Waals surface area contributed by atoms with Crippen LogP contribution in [0.3, 0.4) is 0 Å². The molecule has 0 bridgehead atoms.